The van der Waals surface area contributed by atoms with Gasteiger partial charge in [0.2, 0.25) is 11.8 Å². The molecule has 0 aliphatic carbocycles. The zero-order valence-corrected chi connectivity index (χ0v) is 12.4. The number of nitrogens with zero attached hydrogens (tertiary/aromatic N) is 2. The highest BCUT2D eigenvalue weighted by Gasteiger charge is 2.16. The molecule has 0 radical (unpaired) electrons. The molecule has 0 aliphatic rings. The maximum Gasteiger partial charge on any atom is 0.244 e. The number of halogens is 1. The van der Waals surface area contributed by atoms with E-state index in [2.05, 4.69) is 5.32 Å². The summed E-state index contributed by atoms with van der Waals surface area (Å²) in [6.07, 6.45) is 0. The van der Waals surface area contributed by atoms with E-state index in [1.807, 2.05) is 6.07 Å². The summed E-state index contributed by atoms with van der Waals surface area (Å²) in [6.45, 7) is 1.05. The van der Waals surface area contributed by atoms with Gasteiger partial charge in [0, 0.05) is 18.3 Å². The molecule has 0 saturated heterocycles. The highest BCUT2D eigenvalue weighted by Crippen LogP contribution is 2.16. The first kappa shape index (κ1) is 16.2. The lowest BCUT2D eigenvalue weighted by Crippen LogP contribution is -2.36. The molecular formula is C17H14FN3O2. The molecule has 0 atom stereocenters. The number of rotatable bonds is 4. The molecule has 0 bridgehead atoms. The molecule has 0 saturated carbocycles. The first-order valence-electron chi connectivity index (χ1n) is 6.83. The number of anilines is 2. The molecule has 0 unspecified atom stereocenters. The SMILES string of the molecule is CC(=O)N(CC(=O)Nc1cccc(C#N)c1)c1cccc(F)c1. The fourth-order valence-corrected chi connectivity index (χ4v) is 2.04. The monoisotopic (exact) mass is 311 g/mol. The van der Waals surface area contributed by atoms with Gasteiger partial charge < -0.3 is 10.2 Å². The van der Waals surface area contributed by atoms with Gasteiger partial charge in [-0.15, -0.1) is 0 Å². The lowest BCUT2D eigenvalue weighted by Gasteiger charge is -2.20. The zero-order valence-electron chi connectivity index (χ0n) is 12.4. The molecule has 6 heteroatoms. The molecule has 0 aliphatic heterocycles. The van der Waals surface area contributed by atoms with Crippen molar-refractivity contribution in [1.82, 2.24) is 0 Å². The molecule has 0 spiro atoms. The second-order valence-electron chi connectivity index (χ2n) is 4.83. The van der Waals surface area contributed by atoms with Crippen LogP contribution >= 0.6 is 0 Å². The minimum Gasteiger partial charge on any atom is -0.324 e. The molecule has 2 aromatic carbocycles. The second-order valence-corrected chi connectivity index (χ2v) is 4.83. The van der Waals surface area contributed by atoms with Gasteiger partial charge in [-0.05, 0) is 36.4 Å². The number of carbonyl (C=O) groups excluding carboxylic acids is 2. The lowest BCUT2D eigenvalue weighted by atomic mass is 10.2. The molecule has 0 fully saturated rings. The summed E-state index contributed by atoms with van der Waals surface area (Å²) in [5.41, 5.74) is 1.17. The quantitative estimate of drug-likeness (QED) is 0.943. The van der Waals surface area contributed by atoms with Crippen LogP contribution in [0.15, 0.2) is 48.5 Å². The largest absolute Gasteiger partial charge is 0.324 e. The molecule has 0 aromatic heterocycles. The molecule has 5 nitrogen and oxygen atoms in total. The van der Waals surface area contributed by atoms with E-state index in [-0.39, 0.29) is 12.5 Å². The Morgan fingerprint density at radius 2 is 1.96 bits per heavy atom. The highest BCUT2D eigenvalue weighted by atomic mass is 19.1. The summed E-state index contributed by atoms with van der Waals surface area (Å²) in [6, 6.07) is 13.9. The van der Waals surface area contributed by atoms with Crippen molar-refractivity contribution >= 4 is 23.2 Å². The summed E-state index contributed by atoms with van der Waals surface area (Å²) < 4.78 is 13.3. The maximum absolute atomic E-state index is 13.3. The van der Waals surface area contributed by atoms with Crippen molar-refractivity contribution in [2.75, 3.05) is 16.8 Å². The van der Waals surface area contributed by atoms with Gasteiger partial charge in [-0.1, -0.05) is 12.1 Å². The first-order chi connectivity index (χ1) is 11.0. The van der Waals surface area contributed by atoms with Gasteiger partial charge in [0.25, 0.3) is 0 Å². The van der Waals surface area contributed by atoms with Crippen LogP contribution in [0.25, 0.3) is 0 Å². The van der Waals surface area contributed by atoms with Gasteiger partial charge in [0.05, 0.1) is 11.6 Å². The molecular weight excluding hydrogens is 297 g/mol. The van der Waals surface area contributed by atoms with Gasteiger partial charge in [0.1, 0.15) is 12.4 Å². The van der Waals surface area contributed by atoms with Crippen LogP contribution in [-0.4, -0.2) is 18.4 Å². The number of hydrogen-bond donors (Lipinski definition) is 1. The van der Waals surface area contributed by atoms with Crippen molar-refractivity contribution in [2.45, 2.75) is 6.92 Å². The first-order valence-corrected chi connectivity index (χ1v) is 6.83. The van der Waals surface area contributed by atoms with E-state index in [0.717, 1.165) is 0 Å². The smallest absolute Gasteiger partial charge is 0.244 e. The van der Waals surface area contributed by atoms with Crippen molar-refractivity contribution in [3.05, 3.63) is 59.9 Å². The van der Waals surface area contributed by atoms with Crippen LogP contribution in [0.5, 0.6) is 0 Å². The summed E-state index contributed by atoms with van der Waals surface area (Å²) in [7, 11) is 0. The third-order valence-electron chi connectivity index (χ3n) is 3.08. The van der Waals surface area contributed by atoms with E-state index in [9.17, 15) is 14.0 Å². The van der Waals surface area contributed by atoms with E-state index in [1.165, 1.54) is 36.1 Å². The number of benzene rings is 2. The highest BCUT2D eigenvalue weighted by molar-refractivity contribution is 6.01. The van der Waals surface area contributed by atoms with Crippen molar-refractivity contribution < 1.29 is 14.0 Å². The number of nitrogens with one attached hydrogen (secondary N) is 1. The summed E-state index contributed by atoms with van der Waals surface area (Å²) >= 11 is 0. The summed E-state index contributed by atoms with van der Waals surface area (Å²) in [5.74, 6) is -1.31. The Bertz CT molecular complexity index is 783. The molecule has 2 aromatic rings. The minimum atomic E-state index is -0.490. The van der Waals surface area contributed by atoms with Gasteiger partial charge in [-0.3, -0.25) is 9.59 Å². The van der Waals surface area contributed by atoms with Crippen LogP contribution in [0.2, 0.25) is 0 Å². The van der Waals surface area contributed by atoms with Crippen molar-refractivity contribution in [3.63, 3.8) is 0 Å². The maximum atomic E-state index is 13.3. The van der Waals surface area contributed by atoms with Crippen LogP contribution in [0.4, 0.5) is 15.8 Å². The molecule has 1 N–H and O–H groups in total. The van der Waals surface area contributed by atoms with Crippen molar-refractivity contribution in [3.8, 4) is 6.07 Å². The van der Waals surface area contributed by atoms with Crippen molar-refractivity contribution in [1.29, 1.82) is 5.26 Å². The second kappa shape index (κ2) is 7.18. The Balaban J connectivity index is 2.12. The Morgan fingerprint density at radius 1 is 1.22 bits per heavy atom. The van der Waals surface area contributed by atoms with Gasteiger partial charge in [0.15, 0.2) is 0 Å². The lowest BCUT2D eigenvalue weighted by molar-refractivity contribution is -0.120. The predicted octanol–water partition coefficient (Wildman–Crippen LogP) is 2.69. The molecule has 116 valence electrons. The van der Waals surface area contributed by atoms with E-state index in [0.29, 0.717) is 16.9 Å². The van der Waals surface area contributed by atoms with Crippen LogP contribution in [-0.2, 0) is 9.59 Å². The molecule has 2 rings (SSSR count). The van der Waals surface area contributed by atoms with Crippen LogP contribution in [0.1, 0.15) is 12.5 Å². The number of amides is 2. The summed E-state index contributed by atoms with van der Waals surface area (Å²) in [4.78, 5) is 25.0. The Kier molecular flexibility index (Phi) is 5.05. The third-order valence-corrected chi connectivity index (χ3v) is 3.08. The van der Waals surface area contributed by atoms with E-state index < -0.39 is 11.7 Å². The molecule has 0 heterocycles. The van der Waals surface area contributed by atoms with Crippen LogP contribution in [0.3, 0.4) is 0 Å². The standard InChI is InChI=1S/C17H14FN3O2/c1-12(22)21(16-7-3-5-14(18)9-16)11-17(23)20-15-6-2-4-13(8-15)10-19/h2-9H,11H2,1H3,(H,20,23). The van der Waals surface area contributed by atoms with Gasteiger partial charge >= 0.3 is 0 Å². The van der Waals surface area contributed by atoms with E-state index >= 15 is 0 Å². The van der Waals surface area contributed by atoms with E-state index in [4.69, 9.17) is 5.26 Å². The van der Waals surface area contributed by atoms with Crippen LogP contribution < -0.4 is 10.2 Å². The Labute approximate surface area is 133 Å². The Hall–Kier alpha value is -3.20. The Morgan fingerprint density at radius 3 is 2.61 bits per heavy atom. The molecule has 23 heavy (non-hydrogen) atoms. The van der Waals surface area contributed by atoms with Crippen molar-refractivity contribution in [2.24, 2.45) is 0 Å². The number of hydrogen-bond acceptors (Lipinski definition) is 3. The zero-order chi connectivity index (χ0) is 16.8. The number of nitriles is 1. The third kappa shape index (κ3) is 4.38. The fraction of sp³-hybridized carbons (Fsp3) is 0.118. The summed E-state index contributed by atoms with van der Waals surface area (Å²) in [5, 5.41) is 11.4. The van der Waals surface area contributed by atoms with Gasteiger partial charge in [-0.2, -0.15) is 5.26 Å². The molecule has 2 amide bonds. The topological polar surface area (TPSA) is 73.2 Å². The average Bonchev–Trinajstić information content (AvgIpc) is 2.52. The van der Waals surface area contributed by atoms with Gasteiger partial charge in [-0.25, -0.2) is 4.39 Å². The normalized spacial score (nSPS) is 9.78. The van der Waals surface area contributed by atoms with E-state index in [1.54, 1.807) is 24.3 Å². The average molecular weight is 311 g/mol. The fourth-order valence-electron chi connectivity index (χ4n) is 2.04. The number of carbonyl (C=O) groups is 2. The predicted molar refractivity (Wildman–Crippen MR) is 84.2 cm³/mol. The minimum absolute atomic E-state index is 0.254. The van der Waals surface area contributed by atoms with Crippen LogP contribution in [0, 0.1) is 17.1 Å².